The Kier molecular flexibility index (Phi) is 4.86. The van der Waals surface area contributed by atoms with Gasteiger partial charge in [0.2, 0.25) is 0 Å². The molecule has 146 valence electrons. The standard InChI is InChI=1S/C22H17ClN2O4/c23-17-18(24)15-16(21(27)14-9-5-4-8-13(14)20(15)26)19(25)22(17)29-11-10-28-12-6-2-1-3-7-12/h1-9H,10-11,24-25H2. The number of ether oxygens (including phenoxy) is 2. The molecule has 0 amide bonds. The molecular weight excluding hydrogens is 392 g/mol. The van der Waals surface area contributed by atoms with Gasteiger partial charge in [-0.1, -0.05) is 54.1 Å². The van der Waals surface area contributed by atoms with Crippen LogP contribution in [-0.2, 0) is 0 Å². The Morgan fingerprint density at radius 2 is 1.24 bits per heavy atom. The molecule has 3 aromatic rings. The average molecular weight is 409 g/mol. The molecular formula is C22H17ClN2O4. The van der Waals surface area contributed by atoms with E-state index in [1.807, 2.05) is 30.3 Å². The van der Waals surface area contributed by atoms with Crippen molar-refractivity contribution in [3.05, 3.63) is 81.9 Å². The first-order valence-corrected chi connectivity index (χ1v) is 9.28. The summed E-state index contributed by atoms with van der Waals surface area (Å²) in [4.78, 5) is 25.9. The van der Waals surface area contributed by atoms with Crippen LogP contribution in [0.4, 0.5) is 11.4 Å². The van der Waals surface area contributed by atoms with Gasteiger partial charge in [-0.05, 0) is 12.1 Å². The van der Waals surface area contributed by atoms with Crippen LogP contribution in [0.3, 0.4) is 0 Å². The van der Waals surface area contributed by atoms with Crippen LogP contribution in [0.1, 0.15) is 31.8 Å². The van der Waals surface area contributed by atoms with Crippen molar-refractivity contribution in [1.82, 2.24) is 0 Å². The van der Waals surface area contributed by atoms with Crippen LogP contribution >= 0.6 is 11.6 Å². The van der Waals surface area contributed by atoms with Crippen molar-refractivity contribution in [3.8, 4) is 11.5 Å². The lowest BCUT2D eigenvalue weighted by Gasteiger charge is -2.23. The maximum atomic E-state index is 13.0. The van der Waals surface area contributed by atoms with E-state index >= 15 is 0 Å². The van der Waals surface area contributed by atoms with Crippen LogP contribution in [0, 0.1) is 0 Å². The Labute approximate surface area is 172 Å². The van der Waals surface area contributed by atoms with E-state index in [2.05, 4.69) is 0 Å². The summed E-state index contributed by atoms with van der Waals surface area (Å²) in [6.07, 6.45) is 0. The van der Waals surface area contributed by atoms with Gasteiger partial charge in [-0.3, -0.25) is 9.59 Å². The smallest absolute Gasteiger partial charge is 0.196 e. The largest absolute Gasteiger partial charge is 0.490 e. The van der Waals surface area contributed by atoms with Crippen molar-refractivity contribution in [3.63, 3.8) is 0 Å². The molecule has 7 heteroatoms. The molecule has 0 spiro atoms. The van der Waals surface area contributed by atoms with Crippen molar-refractivity contribution in [2.24, 2.45) is 0 Å². The van der Waals surface area contributed by atoms with E-state index in [0.29, 0.717) is 5.75 Å². The lowest BCUT2D eigenvalue weighted by molar-refractivity contribution is 0.0980. The van der Waals surface area contributed by atoms with Crippen LogP contribution in [0.2, 0.25) is 5.02 Å². The molecule has 0 fully saturated rings. The number of hydrogen-bond donors (Lipinski definition) is 2. The minimum absolute atomic E-state index is 0.00138. The van der Waals surface area contributed by atoms with Crippen LogP contribution in [0.15, 0.2) is 54.6 Å². The summed E-state index contributed by atoms with van der Waals surface area (Å²) in [5.41, 5.74) is 12.9. The van der Waals surface area contributed by atoms with Gasteiger partial charge in [0, 0.05) is 11.1 Å². The number of nitrogen functional groups attached to an aromatic ring is 2. The van der Waals surface area contributed by atoms with Crippen LogP contribution in [-0.4, -0.2) is 24.8 Å². The summed E-state index contributed by atoms with van der Waals surface area (Å²) >= 11 is 6.34. The summed E-state index contributed by atoms with van der Waals surface area (Å²) in [6.45, 7) is 0.349. The first kappa shape index (κ1) is 18.8. The normalized spacial score (nSPS) is 12.3. The maximum absolute atomic E-state index is 13.0. The Hall–Kier alpha value is -3.51. The zero-order valence-corrected chi connectivity index (χ0v) is 16.0. The Balaban J connectivity index is 1.64. The van der Waals surface area contributed by atoms with Gasteiger partial charge in [0.25, 0.3) is 0 Å². The van der Waals surface area contributed by atoms with Crippen LogP contribution in [0.5, 0.6) is 11.5 Å². The molecule has 0 atom stereocenters. The summed E-state index contributed by atoms with van der Waals surface area (Å²) in [5, 5.41) is 0.00138. The van der Waals surface area contributed by atoms with E-state index in [0.717, 1.165) is 0 Å². The second-order valence-corrected chi connectivity index (χ2v) is 6.81. The highest BCUT2D eigenvalue weighted by atomic mass is 35.5. The fourth-order valence-corrected chi connectivity index (χ4v) is 3.57. The SMILES string of the molecule is Nc1c(Cl)c(OCCOc2ccccc2)c(N)c2c1C(=O)c1ccccc1C2=O. The number of benzene rings is 3. The molecule has 6 nitrogen and oxygen atoms in total. The first-order valence-electron chi connectivity index (χ1n) is 8.90. The van der Waals surface area contributed by atoms with Gasteiger partial charge in [0.05, 0.1) is 22.5 Å². The minimum Gasteiger partial charge on any atom is -0.490 e. The van der Waals surface area contributed by atoms with Gasteiger partial charge >= 0.3 is 0 Å². The zero-order chi connectivity index (χ0) is 20.5. The van der Waals surface area contributed by atoms with Crippen molar-refractivity contribution >= 4 is 34.5 Å². The molecule has 0 aliphatic heterocycles. The monoisotopic (exact) mass is 408 g/mol. The topological polar surface area (TPSA) is 105 Å². The molecule has 1 aliphatic rings. The fraction of sp³-hybridized carbons (Fsp3) is 0.0909. The number of para-hydroxylation sites is 1. The summed E-state index contributed by atoms with van der Waals surface area (Å²) < 4.78 is 11.3. The van der Waals surface area contributed by atoms with Crippen molar-refractivity contribution in [1.29, 1.82) is 0 Å². The molecule has 0 saturated carbocycles. The number of hydrogen-bond acceptors (Lipinski definition) is 6. The van der Waals surface area contributed by atoms with Gasteiger partial charge in [0.1, 0.15) is 24.0 Å². The Morgan fingerprint density at radius 3 is 1.86 bits per heavy atom. The second-order valence-electron chi connectivity index (χ2n) is 6.43. The molecule has 0 bridgehead atoms. The highest BCUT2D eigenvalue weighted by molar-refractivity contribution is 6.40. The fourth-order valence-electron chi connectivity index (χ4n) is 3.31. The lowest BCUT2D eigenvalue weighted by Crippen LogP contribution is -2.25. The maximum Gasteiger partial charge on any atom is 0.196 e. The number of fused-ring (bicyclic) bond motifs is 2. The summed E-state index contributed by atoms with van der Waals surface area (Å²) in [6, 6.07) is 15.8. The molecule has 0 unspecified atom stereocenters. The molecule has 0 radical (unpaired) electrons. The number of carbonyl (C=O) groups excluding carboxylic acids is 2. The number of carbonyl (C=O) groups is 2. The number of halogens is 1. The van der Waals surface area contributed by atoms with Gasteiger partial charge in [-0.25, -0.2) is 0 Å². The van der Waals surface area contributed by atoms with Gasteiger partial charge < -0.3 is 20.9 Å². The third-order valence-corrected chi connectivity index (χ3v) is 5.06. The second kappa shape index (κ2) is 7.48. The van der Waals surface area contributed by atoms with Crippen LogP contribution in [0.25, 0.3) is 0 Å². The van der Waals surface area contributed by atoms with Crippen LogP contribution < -0.4 is 20.9 Å². The third-order valence-electron chi connectivity index (χ3n) is 4.68. The quantitative estimate of drug-likeness (QED) is 0.385. The van der Waals surface area contributed by atoms with Crippen molar-refractivity contribution < 1.29 is 19.1 Å². The molecule has 4 rings (SSSR count). The summed E-state index contributed by atoms with van der Waals surface area (Å²) in [7, 11) is 0. The van der Waals surface area contributed by atoms with Crippen molar-refractivity contribution in [2.45, 2.75) is 0 Å². The van der Waals surface area contributed by atoms with Gasteiger partial charge in [0.15, 0.2) is 17.3 Å². The van der Waals surface area contributed by atoms with Gasteiger partial charge in [-0.2, -0.15) is 0 Å². The van der Waals surface area contributed by atoms with E-state index in [1.165, 1.54) is 0 Å². The molecule has 29 heavy (non-hydrogen) atoms. The van der Waals surface area contributed by atoms with E-state index in [9.17, 15) is 9.59 Å². The predicted octanol–water partition coefficient (Wildman–Crippen LogP) is 3.74. The minimum atomic E-state index is -0.389. The molecule has 0 saturated heterocycles. The Bertz CT molecular complexity index is 1130. The number of nitrogens with two attached hydrogens (primary N) is 2. The molecule has 0 aromatic heterocycles. The highest BCUT2D eigenvalue weighted by Gasteiger charge is 2.36. The molecule has 0 heterocycles. The first-order chi connectivity index (χ1) is 14.0. The lowest BCUT2D eigenvalue weighted by atomic mass is 9.82. The number of rotatable bonds is 5. The zero-order valence-electron chi connectivity index (χ0n) is 15.3. The molecule has 4 N–H and O–H groups in total. The average Bonchev–Trinajstić information content (AvgIpc) is 2.75. The molecule has 1 aliphatic carbocycles. The Morgan fingerprint density at radius 1 is 0.724 bits per heavy atom. The van der Waals surface area contributed by atoms with E-state index in [4.69, 9.17) is 32.5 Å². The number of ketones is 2. The predicted molar refractivity (Wildman–Crippen MR) is 111 cm³/mol. The third kappa shape index (κ3) is 3.17. The van der Waals surface area contributed by atoms with E-state index in [-0.39, 0.29) is 69.2 Å². The summed E-state index contributed by atoms with van der Waals surface area (Å²) in [5.74, 6) is -0.0145. The van der Waals surface area contributed by atoms with Gasteiger partial charge in [-0.15, -0.1) is 0 Å². The highest BCUT2D eigenvalue weighted by Crippen LogP contribution is 2.45. The van der Waals surface area contributed by atoms with E-state index in [1.54, 1.807) is 24.3 Å². The number of anilines is 2. The van der Waals surface area contributed by atoms with E-state index < -0.39 is 0 Å². The van der Waals surface area contributed by atoms with Crippen molar-refractivity contribution in [2.75, 3.05) is 24.7 Å². The molecule has 3 aromatic carbocycles.